The minimum Gasteiger partial charge on any atom is -0.494 e. The van der Waals surface area contributed by atoms with E-state index in [1.165, 1.54) is 0 Å². The Kier molecular flexibility index (Phi) is 5.79. The molecule has 2 aromatic carbocycles. The summed E-state index contributed by atoms with van der Waals surface area (Å²) in [6.07, 6.45) is 0.651. The van der Waals surface area contributed by atoms with E-state index in [1.807, 2.05) is 68.4 Å². The fraction of sp³-hybridized carbons (Fsp3) is 0.286. The number of hydrogen-bond acceptors (Lipinski definition) is 4. The van der Waals surface area contributed by atoms with Crippen LogP contribution in [0, 0.1) is 12.8 Å². The highest BCUT2D eigenvalue weighted by molar-refractivity contribution is 5.81. The van der Waals surface area contributed by atoms with E-state index in [4.69, 9.17) is 4.74 Å². The molecule has 0 bridgehead atoms. The maximum atomic E-state index is 12.3. The highest BCUT2D eigenvalue weighted by atomic mass is 16.5. The number of hydrogen-bond donors (Lipinski definition) is 1. The largest absolute Gasteiger partial charge is 0.494 e. The number of ether oxygens (including phenoxy) is 1. The van der Waals surface area contributed by atoms with Gasteiger partial charge in [0.2, 0.25) is 5.91 Å². The van der Waals surface area contributed by atoms with Crippen molar-refractivity contribution in [2.24, 2.45) is 5.92 Å². The Labute approximate surface area is 153 Å². The first-order valence-corrected chi connectivity index (χ1v) is 8.81. The van der Waals surface area contributed by atoms with E-state index in [0.29, 0.717) is 25.4 Å². The summed E-state index contributed by atoms with van der Waals surface area (Å²) in [7, 11) is 0. The van der Waals surface area contributed by atoms with E-state index in [1.54, 1.807) is 0 Å². The van der Waals surface area contributed by atoms with Crippen LogP contribution in [0.15, 0.2) is 54.6 Å². The highest BCUT2D eigenvalue weighted by Gasteiger charge is 2.13. The van der Waals surface area contributed by atoms with Crippen LogP contribution in [-0.2, 0) is 11.3 Å². The molecular formula is C21H23N3O2. The first-order chi connectivity index (χ1) is 12.6. The minimum atomic E-state index is -0.139. The lowest BCUT2D eigenvalue weighted by Crippen LogP contribution is -2.30. The van der Waals surface area contributed by atoms with Crippen molar-refractivity contribution in [3.8, 4) is 5.75 Å². The molecule has 1 amide bonds. The fourth-order valence-electron chi connectivity index (χ4n) is 2.72. The van der Waals surface area contributed by atoms with Gasteiger partial charge in [0.1, 0.15) is 11.6 Å². The Hall–Kier alpha value is -2.95. The standard InChI is InChI=1S/C21H23N3O2/c1-15(12-13-26-17-8-4-3-5-9-17)21(25)22-14-20-23-16(2)18-10-6-7-11-19(18)24-20/h3-11,15H,12-14H2,1-2H3,(H,22,25)/t15-/m1/s1. The van der Waals surface area contributed by atoms with Crippen LogP contribution in [-0.4, -0.2) is 22.5 Å². The molecule has 1 N–H and O–H groups in total. The molecule has 3 aromatic rings. The molecule has 0 fully saturated rings. The van der Waals surface area contributed by atoms with Crippen LogP contribution >= 0.6 is 0 Å². The molecule has 0 aliphatic rings. The van der Waals surface area contributed by atoms with Crippen molar-refractivity contribution >= 4 is 16.8 Å². The summed E-state index contributed by atoms with van der Waals surface area (Å²) in [6, 6.07) is 17.5. The number of aryl methyl sites for hydroxylation is 1. The summed E-state index contributed by atoms with van der Waals surface area (Å²) in [5.74, 6) is 1.29. The number of amides is 1. The summed E-state index contributed by atoms with van der Waals surface area (Å²) in [4.78, 5) is 21.3. The lowest BCUT2D eigenvalue weighted by atomic mass is 10.1. The summed E-state index contributed by atoms with van der Waals surface area (Å²) >= 11 is 0. The van der Waals surface area contributed by atoms with Gasteiger partial charge < -0.3 is 10.1 Å². The van der Waals surface area contributed by atoms with Gasteiger partial charge in [-0.25, -0.2) is 9.97 Å². The van der Waals surface area contributed by atoms with Gasteiger partial charge in [-0.2, -0.15) is 0 Å². The molecule has 0 aliphatic heterocycles. The normalized spacial score (nSPS) is 11.9. The van der Waals surface area contributed by atoms with Crippen molar-refractivity contribution in [3.63, 3.8) is 0 Å². The van der Waals surface area contributed by atoms with Gasteiger partial charge in [-0.05, 0) is 31.5 Å². The van der Waals surface area contributed by atoms with E-state index in [0.717, 1.165) is 22.3 Å². The average molecular weight is 349 g/mol. The third-order valence-corrected chi connectivity index (χ3v) is 4.27. The van der Waals surface area contributed by atoms with Crippen LogP contribution in [0.1, 0.15) is 24.9 Å². The number of benzene rings is 2. The van der Waals surface area contributed by atoms with Gasteiger partial charge in [0, 0.05) is 17.0 Å². The first kappa shape index (κ1) is 17.9. The molecule has 5 heteroatoms. The lowest BCUT2D eigenvalue weighted by Gasteiger charge is -2.13. The molecule has 26 heavy (non-hydrogen) atoms. The van der Waals surface area contributed by atoms with E-state index < -0.39 is 0 Å². The molecule has 0 saturated heterocycles. The van der Waals surface area contributed by atoms with Crippen LogP contribution in [0.3, 0.4) is 0 Å². The Morgan fingerprint density at radius 1 is 1.08 bits per heavy atom. The van der Waals surface area contributed by atoms with Crippen molar-refractivity contribution < 1.29 is 9.53 Å². The van der Waals surface area contributed by atoms with Crippen LogP contribution in [0.4, 0.5) is 0 Å². The molecule has 3 rings (SSSR count). The first-order valence-electron chi connectivity index (χ1n) is 8.81. The molecule has 1 heterocycles. The van der Waals surface area contributed by atoms with Gasteiger partial charge in [-0.3, -0.25) is 4.79 Å². The second kappa shape index (κ2) is 8.43. The Balaban J connectivity index is 1.50. The zero-order chi connectivity index (χ0) is 18.4. The lowest BCUT2D eigenvalue weighted by molar-refractivity contribution is -0.125. The smallest absolute Gasteiger partial charge is 0.223 e. The molecule has 5 nitrogen and oxygen atoms in total. The molecule has 0 saturated carbocycles. The Morgan fingerprint density at radius 2 is 1.81 bits per heavy atom. The minimum absolute atomic E-state index is 0.0175. The number of fused-ring (bicyclic) bond motifs is 1. The molecule has 0 spiro atoms. The number of carbonyl (C=O) groups excluding carboxylic acids is 1. The van der Waals surface area contributed by atoms with E-state index in [2.05, 4.69) is 15.3 Å². The maximum Gasteiger partial charge on any atom is 0.223 e. The number of para-hydroxylation sites is 2. The summed E-state index contributed by atoms with van der Waals surface area (Å²) < 4.78 is 5.65. The predicted octanol–water partition coefficient (Wildman–Crippen LogP) is 3.66. The van der Waals surface area contributed by atoms with E-state index in [-0.39, 0.29) is 11.8 Å². The zero-order valence-corrected chi connectivity index (χ0v) is 15.1. The van der Waals surface area contributed by atoms with Crippen LogP contribution < -0.4 is 10.1 Å². The SMILES string of the molecule is Cc1nc(CNC(=O)[C@H](C)CCOc2ccccc2)nc2ccccc12. The number of nitrogens with zero attached hydrogens (tertiary/aromatic N) is 2. The maximum absolute atomic E-state index is 12.3. The number of rotatable bonds is 7. The third-order valence-electron chi connectivity index (χ3n) is 4.27. The van der Waals surface area contributed by atoms with Crippen LogP contribution in [0.2, 0.25) is 0 Å². The fourth-order valence-corrected chi connectivity index (χ4v) is 2.72. The van der Waals surface area contributed by atoms with Gasteiger partial charge in [0.15, 0.2) is 0 Å². The predicted molar refractivity (Wildman–Crippen MR) is 102 cm³/mol. The quantitative estimate of drug-likeness (QED) is 0.707. The van der Waals surface area contributed by atoms with Crippen molar-refractivity contribution in [3.05, 3.63) is 66.1 Å². The Bertz CT molecular complexity index is 881. The monoisotopic (exact) mass is 349 g/mol. The Morgan fingerprint density at radius 3 is 2.62 bits per heavy atom. The second-order valence-corrected chi connectivity index (χ2v) is 6.31. The van der Waals surface area contributed by atoms with Gasteiger partial charge in [-0.1, -0.05) is 43.3 Å². The van der Waals surface area contributed by atoms with E-state index >= 15 is 0 Å². The molecule has 1 atom stereocenters. The van der Waals surface area contributed by atoms with Gasteiger partial charge in [-0.15, -0.1) is 0 Å². The molecule has 0 unspecified atom stereocenters. The molecule has 0 radical (unpaired) electrons. The number of nitrogens with one attached hydrogen (secondary N) is 1. The molecule has 0 aliphatic carbocycles. The molecular weight excluding hydrogens is 326 g/mol. The topological polar surface area (TPSA) is 64.1 Å². The third kappa shape index (κ3) is 4.57. The van der Waals surface area contributed by atoms with Crippen molar-refractivity contribution in [2.45, 2.75) is 26.8 Å². The summed E-state index contributed by atoms with van der Waals surface area (Å²) in [5, 5.41) is 3.96. The number of aromatic nitrogens is 2. The van der Waals surface area contributed by atoms with Crippen molar-refractivity contribution in [2.75, 3.05) is 6.61 Å². The van der Waals surface area contributed by atoms with Crippen LogP contribution in [0.25, 0.3) is 10.9 Å². The second-order valence-electron chi connectivity index (χ2n) is 6.31. The van der Waals surface area contributed by atoms with Gasteiger partial charge in [0.05, 0.1) is 18.7 Å². The van der Waals surface area contributed by atoms with Crippen LogP contribution in [0.5, 0.6) is 5.75 Å². The van der Waals surface area contributed by atoms with Crippen molar-refractivity contribution in [1.29, 1.82) is 0 Å². The average Bonchev–Trinajstić information content (AvgIpc) is 2.67. The molecule has 1 aromatic heterocycles. The highest BCUT2D eigenvalue weighted by Crippen LogP contribution is 2.15. The molecule has 134 valence electrons. The summed E-state index contributed by atoms with van der Waals surface area (Å²) in [5.41, 5.74) is 1.82. The van der Waals surface area contributed by atoms with E-state index in [9.17, 15) is 4.79 Å². The zero-order valence-electron chi connectivity index (χ0n) is 15.1. The number of carbonyl (C=O) groups is 1. The summed E-state index contributed by atoms with van der Waals surface area (Å²) in [6.45, 7) is 4.69. The van der Waals surface area contributed by atoms with Crippen molar-refractivity contribution in [1.82, 2.24) is 15.3 Å². The van der Waals surface area contributed by atoms with Gasteiger partial charge >= 0.3 is 0 Å². The van der Waals surface area contributed by atoms with Gasteiger partial charge in [0.25, 0.3) is 0 Å².